The number of nitrogens with one attached hydrogen (secondary N) is 2. The smallest absolute Gasteiger partial charge is 0.240 e. The van der Waals surface area contributed by atoms with Crippen LogP contribution in [-0.2, 0) is 16.6 Å². The first kappa shape index (κ1) is 12.5. The highest BCUT2D eigenvalue weighted by Crippen LogP contribution is 2.16. The summed E-state index contributed by atoms with van der Waals surface area (Å²) in [6.45, 7) is 1.82. The predicted octanol–water partition coefficient (Wildman–Crippen LogP) is 0.174. The van der Waals surface area contributed by atoms with Crippen LogP contribution in [0, 0.1) is 6.92 Å². The van der Waals surface area contributed by atoms with Crippen molar-refractivity contribution in [3.8, 4) is 0 Å². The third kappa shape index (κ3) is 2.66. The number of nitrogens with two attached hydrogens (primary N) is 1. The highest BCUT2D eigenvalue weighted by atomic mass is 32.2. The molecular formula is C10H13N5O2S. The van der Waals surface area contributed by atoms with Crippen molar-refractivity contribution in [2.45, 2.75) is 18.4 Å². The van der Waals surface area contributed by atoms with Crippen molar-refractivity contribution < 1.29 is 8.42 Å². The Morgan fingerprint density at radius 2 is 2.22 bits per heavy atom. The standard InChI is InChI=1S/C10H13N5O2S/c1-7-4-8(2-3-9(7)11)18(16,17)14-5-10-12-6-13-15-10/h2-4,6,14H,5,11H2,1H3,(H,12,13,15). The maximum Gasteiger partial charge on any atom is 0.240 e. The zero-order chi connectivity index (χ0) is 13.2. The first-order valence-corrected chi connectivity index (χ1v) is 6.67. The van der Waals surface area contributed by atoms with Gasteiger partial charge in [0.25, 0.3) is 0 Å². The number of benzene rings is 1. The van der Waals surface area contributed by atoms with Crippen LogP contribution in [0.25, 0.3) is 0 Å². The van der Waals surface area contributed by atoms with Gasteiger partial charge in [-0.15, -0.1) is 0 Å². The highest BCUT2D eigenvalue weighted by molar-refractivity contribution is 7.89. The second-order valence-electron chi connectivity index (χ2n) is 3.78. The average molecular weight is 267 g/mol. The molecule has 4 N–H and O–H groups in total. The van der Waals surface area contributed by atoms with Crippen molar-refractivity contribution in [1.82, 2.24) is 19.9 Å². The second kappa shape index (κ2) is 4.75. The van der Waals surface area contributed by atoms with Crippen LogP contribution in [0.15, 0.2) is 29.4 Å². The summed E-state index contributed by atoms with van der Waals surface area (Å²) in [6, 6.07) is 4.56. The van der Waals surface area contributed by atoms with Gasteiger partial charge in [-0.25, -0.2) is 18.1 Å². The Bertz CT molecular complexity index is 636. The van der Waals surface area contributed by atoms with E-state index < -0.39 is 10.0 Å². The molecule has 0 atom stereocenters. The Hall–Kier alpha value is -1.93. The van der Waals surface area contributed by atoms with E-state index in [2.05, 4.69) is 19.9 Å². The van der Waals surface area contributed by atoms with Crippen molar-refractivity contribution in [3.63, 3.8) is 0 Å². The first-order valence-electron chi connectivity index (χ1n) is 5.19. The van der Waals surface area contributed by atoms with Gasteiger partial charge in [0.2, 0.25) is 10.0 Å². The molecule has 0 bridgehead atoms. The summed E-state index contributed by atoms with van der Waals surface area (Å²) in [7, 11) is -3.57. The van der Waals surface area contributed by atoms with Crippen molar-refractivity contribution in [3.05, 3.63) is 35.9 Å². The molecule has 0 aliphatic carbocycles. The molecule has 2 rings (SSSR count). The van der Waals surface area contributed by atoms with E-state index in [0.29, 0.717) is 11.5 Å². The summed E-state index contributed by atoms with van der Waals surface area (Å²) in [5.74, 6) is 0.450. The van der Waals surface area contributed by atoms with E-state index in [1.807, 2.05) is 0 Å². The zero-order valence-corrected chi connectivity index (χ0v) is 10.5. The van der Waals surface area contributed by atoms with Crippen LogP contribution in [0.3, 0.4) is 0 Å². The van der Waals surface area contributed by atoms with Crippen LogP contribution in [0.4, 0.5) is 5.69 Å². The number of aromatic nitrogens is 3. The minimum atomic E-state index is -3.57. The van der Waals surface area contributed by atoms with Crippen LogP contribution in [0.5, 0.6) is 0 Å². The third-order valence-electron chi connectivity index (χ3n) is 2.45. The number of hydrogen-bond acceptors (Lipinski definition) is 5. The van der Waals surface area contributed by atoms with Gasteiger partial charge in [0.05, 0.1) is 11.4 Å². The molecule has 1 aromatic carbocycles. The summed E-state index contributed by atoms with van der Waals surface area (Å²) in [6.07, 6.45) is 1.32. The van der Waals surface area contributed by atoms with Crippen molar-refractivity contribution in [2.75, 3.05) is 5.73 Å². The fourth-order valence-electron chi connectivity index (χ4n) is 1.38. The molecule has 0 spiro atoms. The molecule has 0 radical (unpaired) electrons. The van der Waals surface area contributed by atoms with Crippen LogP contribution < -0.4 is 10.5 Å². The molecule has 0 unspecified atom stereocenters. The minimum Gasteiger partial charge on any atom is -0.399 e. The van der Waals surface area contributed by atoms with Gasteiger partial charge in [-0.3, -0.25) is 5.10 Å². The molecule has 18 heavy (non-hydrogen) atoms. The average Bonchev–Trinajstić information content (AvgIpc) is 2.83. The Balaban J connectivity index is 2.17. The Labute approximate surface area is 104 Å². The van der Waals surface area contributed by atoms with Gasteiger partial charge >= 0.3 is 0 Å². The molecule has 0 aliphatic rings. The van der Waals surface area contributed by atoms with Gasteiger partial charge in [0.15, 0.2) is 0 Å². The number of nitrogen functional groups attached to an aromatic ring is 1. The fraction of sp³-hybridized carbons (Fsp3) is 0.200. The molecule has 0 saturated heterocycles. The second-order valence-corrected chi connectivity index (χ2v) is 5.54. The van der Waals surface area contributed by atoms with Crippen LogP contribution >= 0.6 is 0 Å². The van der Waals surface area contributed by atoms with E-state index in [-0.39, 0.29) is 11.4 Å². The van der Waals surface area contributed by atoms with Gasteiger partial charge in [0, 0.05) is 5.69 Å². The van der Waals surface area contributed by atoms with E-state index in [9.17, 15) is 8.42 Å². The van der Waals surface area contributed by atoms with E-state index in [4.69, 9.17) is 5.73 Å². The summed E-state index contributed by atoms with van der Waals surface area (Å²) < 4.78 is 26.4. The quantitative estimate of drug-likeness (QED) is 0.683. The van der Waals surface area contributed by atoms with Gasteiger partial charge < -0.3 is 5.73 Å². The van der Waals surface area contributed by atoms with Gasteiger partial charge in [0.1, 0.15) is 12.2 Å². The lowest BCUT2D eigenvalue weighted by Gasteiger charge is -2.07. The van der Waals surface area contributed by atoms with Gasteiger partial charge in [-0.2, -0.15) is 5.10 Å². The molecule has 96 valence electrons. The van der Waals surface area contributed by atoms with Crippen LogP contribution in [-0.4, -0.2) is 23.6 Å². The number of rotatable bonds is 4. The van der Waals surface area contributed by atoms with E-state index in [1.165, 1.54) is 18.5 Å². The first-order chi connectivity index (χ1) is 8.49. The van der Waals surface area contributed by atoms with Gasteiger partial charge in [-0.1, -0.05) is 0 Å². The van der Waals surface area contributed by atoms with Crippen LogP contribution in [0.2, 0.25) is 0 Å². The molecule has 0 fully saturated rings. The topological polar surface area (TPSA) is 114 Å². The van der Waals surface area contributed by atoms with E-state index >= 15 is 0 Å². The molecule has 7 nitrogen and oxygen atoms in total. The summed E-state index contributed by atoms with van der Waals surface area (Å²) >= 11 is 0. The lowest BCUT2D eigenvalue weighted by Crippen LogP contribution is -2.24. The molecule has 8 heteroatoms. The lowest BCUT2D eigenvalue weighted by atomic mass is 10.2. The molecular weight excluding hydrogens is 254 g/mol. The van der Waals surface area contributed by atoms with Gasteiger partial charge in [-0.05, 0) is 30.7 Å². The maximum absolute atomic E-state index is 12.0. The molecule has 0 amide bonds. The molecule has 1 aromatic heterocycles. The number of nitrogens with zero attached hydrogens (tertiary/aromatic N) is 2. The number of H-pyrrole nitrogens is 1. The molecule has 1 heterocycles. The number of aromatic amines is 1. The third-order valence-corrected chi connectivity index (χ3v) is 3.85. The normalized spacial score (nSPS) is 11.6. The number of hydrogen-bond donors (Lipinski definition) is 3. The van der Waals surface area contributed by atoms with E-state index in [0.717, 1.165) is 5.56 Å². The predicted molar refractivity (Wildman–Crippen MR) is 66.0 cm³/mol. The lowest BCUT2D eigenvalue weighted by molar-refractivity contribution is 0.579. The SMILES string of the molecule is Cc1cc(S(=O)(=O)NCc2ncn[nH]2)ccc1N. The number of anilines is 1. The summed E-state index contributed by atoms with van der Waals surface area (Å²) in [5.41, 5.74) is 6.92. The monoisotopic (exact) mass is 267 g/mol. The summed E-state index contributed by atoms with van der Waals surface area (Å²) in [5, 5.41) is 6.21. The van der Waals surface area contributed by atoms with Crippen molar-refractivity contribution in [1.29, 1.82) is 0 Å². The van der Waals surface area contributed by atoms with Crippen molar-refractivity contribution >= 4 is 15.7 Å². The highest BCUT2D eigenvalue weighted by Gasteiger charge is 2.14. The maximum atomic E-state index is 12.0. The van der Waals surface area contributed by atoms with Crippen LogP contribution in [0.1, 0.15) is 11.4 Å². The molecule has 2 aromatic rings. The minimum absolute atomic E-state index is 0.0613. The Morgan fingerprint density at radius 3 is 2.83 bits per heavy atom. The molecule has 0 saturated carbocycles. The largest absolute Gasteiger partial charge is 0.399 e. The molecule has 0 aliphatic heterocycles. The fourth-order valence-corrected chi connectivity index (χ4v) is 2.45. The van der Waals surface area contributed by atoms with Crippen molar-refractivity contribution in [2.24, 2.45) is 0 Å². The summed E-state index contributed by atoms with van der Waals surface area (Å²) in [4.78, 5) is 4.01. The number of aryl methyl sites for hydroxylation is 1. The zero-order valence-electron chi connectivity index (χ0n) is 9.71. The Morgan fingerprint density at radius 1 is 1.44 bits per heavy atom. The van der Waals surface area contributed by atoms with E-state index in [1.54, 1.807) is 13.0 Å². The Kier molecular flexibility index (Phi) is 3.30. The number of sulfonamides is 1.